The fraction of sp³-hybridized carbons (Fsp3) is 0.519. The number of benzene rings is 1. The minimum absolute atomic E-state index is 0.0892. The Kier molecular flexibility index (Phi) is 6.51. The molecule has 5 atom stereocenters. The first-order valence-corrected chi connectivity index (χ1v) is 12.6. The van der Waals surface area contributed by atoms with E-state index in [1.807, 2.05) is 54.6 Å². The molecule has 1 unspecified atom stereocenters. The molecule has 0 aliphatic carbocycles. The number of hydrogen-bond donors (Lipinski definition) is 1. The van der Waals surface area contributed by atoms with Gasteiger partial charge in [-0.25, -0.2) is 0 Å². The molecular weight excluding hydrogens is 446 g/mol. The largest absolute Gasteiger partial charge is 0.396 e. The van der Waals surface area contributed by atoms with Crippen molar-refractivity contribution in [2.75, 3.05) is 37.7 Å². The number of ether oxygens (including phenoxy) is 1. The first-order valence-electron chi connectivity index (χ1n) is 12.6. The second-order valence-corrected chi connectivity index (χ2v) is 9.70. The molecule has 4 aliphatic rings. The van der Waals surface area contributed by atoms with E-state index in [1.54, 1.807) is 14.7 Å². The van der Waals surface area contributed by atoms with E-state index in [9.17, 15) is 19.5 Å². The highest BCUT2D eigenvalue weighted by atomic mass is 16.5. The van der Waals surface area contributed by atoms with Gasteiger partial charge in [-0.2, -0.15) is 0 Å². The van der Waals surface area contributed by atoms with Crippen molar-refractivity contribution >= 4 is 23.4 Å². The molecule has 35 heavy (non-hydrogen) atoms. The van der Waals surface area contributed by atoms with Gasteiger partial charge in [0.05, 0.1) is 17.9 Å². The smallest absolute Gasteiger partial charge is 0.249 e. The molecule has 2 saturated heterocycles. The Labute approximate surface area is 205 Å². The van der Waals surface area contributed by atoms with Crippen LogP contribution in [-0.2, 0) is 19.1 Å². The maximum atomic E-state index is 14.0. The first-order chi connectivity index (χ1) is 17.0. The Morgan fingerprint density at radius 1 is 1.00 bits per heavy atom. The quantitative estimate of drug-likeness (QED) is 0.602. The second-order valence-electron chi connectivity index (χ2n) is 9.70. The lowest BCUT2D eigenvalue weighted by molar-refractivity contribution is -0.147. The molecule has 3 amide bonds. The highest BCUT2D eigenvalue weighted by Gasteiger charge is 2.71. The maximum Gasteiger partial charge on any atom is 0.249 e. The van der Waals surface area contributed by atoms with E-state index in [4.69, 9.17) is 4.74 Å². The standard InChI is InChI=1S/C27H33N3O5/c1-2-3-14-28-15-8-13-27-22(25(33)30(17-9-18-31)23(27)26(28)34)21-20(35-27)12-7-16-29(24(21)32)19-10-5-4-6-11-19/h4-8,10-13,20-23,31H,2-3,9,14-18H2,1H3/t20-,21+,22-,23?,27-/m0/s1. The number of para-hydroxylation sites is 1. The van der Waals surface area contributed by atoms with Crippen LogP contribution < -0.4 is 4.90 Å². The van der Waals surface area contributed by atoms with Crippen LogP contribution in [0.5, 0.6) is 0 Å². The van der Waals surface area contributed by atoms with Crippen molar-refractivity contribution in [3.05, 3.63) is 54.6 Å². The van der Waals surface area contributed by atoms with Gasteiger partial charge < -0.3 is 24.5 Å². The summed E-state index contributed by atoms with van der Waals surface area (Å²) in [4.78, 5) is 46.8. The van der Waals surface area contributed by atoms with Gasteiger partial charge in [-0.15, -0.1) is 0 Å². The highest BCUT2D eigenvalue weighted by molar-refractivity contribution is 6.03. The first kappa shape index (κ1) is 23.8. The van der Waals surface area contributed by atoms with Gasteiger partial charge >= 0.3 is 0 Å². The molecule has 0 radical (unpaired) electrons. The average Bonchev–Trinajstić information content (AvgIpc) is 3.18. The number of likely N-dealkylation sites (tertiary alicyclic amines) is 1. The molecule has 1 N–H and O–H groups in total. The third kappa shape index (κ3) is 3.79. The lowest BCUT2D eigenvalue weighted by Gasteiger charge is -2.35. The number of carbonyl (C=O) groups is 3. The average molecular weight is 480 g/mol. The van der Waals surface area contributed by atoms with Gasteiger partial charge in [0.1, 0.15) is 11.6 Å². The number of rotatable bonds is 7. The Hall–Kier alpha value is -2.97. The highest BCUT2D eigenvalue weighted by Crippen LogP contribution is 2.53. The van der Waals surface area contributed by atoms with Gasteiger partial charge in [-0.05, 0) is 25.0 Å². The van der Waals surface area contributed by atoms with Crippen molar-refractivity contribution < 1.29 is 24.2 Å². The van der Waals surface area contributed by atoms with Gasteiger partial charge in [-0.1, -0.05) is 55.8 Å². The van der Waals surface area contributed by atoms with Crippen LogP contribution in [0.4, 0.5) is 5.69 Å². The normalized spacial score (nSPS) is 31.9. The number of amides is 3. The number of fused-ring (bicyclic) bond motifs is 2. The van der Waals surface area contributed by atoms with Crippen molar-refractivity contribution in [2.45, 2.75) is 43.9 Å². The molecular formula is C27H33N3O5. The van der Waals surface area contributed by atoms with E-state index in [-0.39, 0.29) is 30.9 Å². The summed E-state index contributed by atoms with van der Waals surface area (Å²) in [6, 6.07) is 8.57. The fourth-order valence-electron chi connectivity index (χ4n) is 6.05. The molecule has 1 aromatic carbocycles. The summed E-state index contributed by atoms with van der Waals surface area (Å²) in [7, 11) is 0. The Balaban J connectivity index is 1.56. The number of aliphatic hydroxyl groups is 1. The summed E-state index contributed by atoms with van der Waals surface area (Å²) >= 11 is 0. The number of carbonyl (C=O) groups excluding carboxylic acids is 3. The van der Waals surface area contributed by atoms with Gasteiger partial charge in [-0.3, -0.25) is 14.4 Å². The molecule has 0 saturated carbocycles. The zero-order chi connectivity index (χ0) is 24.6. The maximum absolute atomic E-state index is 14.0. The molecule has 0 bridgehead atoms. The summed E-state index contributed by atoms with van der Waals surface area (Å²) in [5, 5.41) is 9.48. The zero-order valence-electron chi connectivity index (χ0n) is 20.1. The van der Waals surface area contributed by atoms with Gasteiger partial charge in [0.2, 0.25) is 17.7 Å². The monoisotopic (exact) mass is 479 g/mol. The van der Waals surface area contributed by atoms with E-state index >= 15 is 0 Å². The molecule has 4 aliphatic heterocycles. The summed E-state index contributed by atoms with van der Waals surface area (Å²) in [5.74, 6) is -2.10. The van der Waals surface area contributed by atoms with Crippen molar-refractivity contribution in [1.82, 2.24) is 9.80 Å². The summed E-state index contributed by atoms with van der Waals surface area (Å²) < 4.78 is 6.61. The number of aliphatic hydroxyl groups excluding tert-OH is 1. The van der Waals surface area contributed by atoms with Crippen molar-refractivity contribution in [3.63, 3.8) is 0 Å². The van der Waals surface area contributed by atoms with Crippen molar-refractivity contribution in [1.29, 1.82) is 0 Å². The zero-order valence-corrected chi connectivity index (χ0v) is 20.1. The second kappa shape index (κ2) is 9.59. The molecule has 0 aromatic heterocycles. The topological polar surface area (TPSA) is 90.4 Å². The van der Waals surface area contributed by atoms with Crippen LogP contribution in [0.3, 0.4) is 0 Å². The lowest BCUT2D eigenvalue weighted by atomic mass is 9.77. The van der Waals surface area contributed by atoms with E-state index in [0.29, 0.717) is 26.1 Å². The number of unbranched alkanes of at least 4 members (excludes halogenated alkanes) is 1. The van der Waals surface area contributed by atoms with Gasteiger partial charge in [0.15, 0.2) is 0 Å². The summed E-state index contributed by atoms with van der Waals surface area (Å²) in [5.41, 5.74) is -0.444. The predicted octanol–water partition coefficient (Wildman–Crippen LogP) is 1.75. The van der Waals surface area contributed by atoms with E-state index in [1.165, 1.54) is 0 Å². The van der Waals surface area contributed by atoms with Crippen LogP contribution in [-0.4, -0.2) is 83.2 Å². The lowest BCUT2D eigenvalue weighted by Crippen LogP contribution is -2.55. The number of anilines is 1. The minimum Gasteiger partial charge on any atom is -0.396 e. The predicted molar refractivity (Wildman–Crippen MR) is 130 cm³/mol. The molecule has 8 nitrogen and oxygen atoms in total. The summed E-state index contributed by atoms with van der Waals surface area (Å²) in [6.45, 7) is 3.68. The third-order valence-corrected chi connectivity index (χ3v) is 7.65. The molecule has 1 spiro atoms. The van der Waals surface area contributed by atoms with Crippen LogP contribution in [0.15, 0.2) is 54.6 Å². The van der Waals surface area contributed by atoms with E-state index in [0.717, 1.165) is 18.5 Å². The Morgan fingerprint density at radius 3 is 2.54 bits per heavy atom. The van der Waals surface area contributed by atoms with Crippen molar-refractivity contribution in [3.8, 4) is 0 Å². The Morgan fingerprint density at radius 2 is 1.80 bits per heavy atom. The third-order valence-electron chi connectivity index (χ3n) is 7.65. The van der Waals surface area contributed by atoms with Crippen LogP contribution in [0.1, 0.15) is 26.2 Å². The Bertz CT molecular complexity index is 1040. The molecule has 4 heterocycles. The number of nitrogens with zero attached hydrogens (tertiary/aromatic N) is 3. The van der Waals surface area contributed by atoms with Gasteiger partial charge in [0, 0.05) is 38.5 Å². The van der Waals surface area contributed by atoms with Gasteiger partial charge in [0.25, 0.3) is 0 Å². The molecule has 186 valence electrons. The van der Waals surface area contributed by atoms with E-state index < -0.39 is 29.6 Å². The van der Waals surface area contributed by atoms with Crippen LogP contribution in [0.25, 0.3) is 0 Å². The minimum atomic E-state index is -1.21. The van der Waals surface area contributed by atoms with Crippen molar-refractivity contribution in [2.24, 2.45) is 11.8 Å². The summed E-state index contributed by atoms with van der Waals surface area (Å²) in [6.07, 6.45) is 9.15. The fourth-order valence-corrected chi connectivity index (χ4v) is 6.05. The number of hydrogen-bond acceptors (Lipinski definition) is 5. The molecule has 1 aromatic rings. The van der Waals surface area contributed by atoms with Crippen LogP contribution >= 0.6 is 0 Å². The van der Waals surface area contributed by atoms with E-state index in [2.05, 4.69) is 6.92 Å². The van der Waals surface area contributed by atoms with Crippen LogP contribution in [0.2, 0.25) is 0 Å². The SMILES string of the molecule is CCCCN1CC=C[C@]23O[C@H]4C=CCN(c5ccccc5)C(=O)[C@H]4[C@H]2C(=O)N(CCCO)C3C1=O. The molecule has 8 heteroatoms. The molecule has 2 fully saturated rings. The van der Waals surface area contributed by atoms with Crippen LogP contribution in [0, 0.1) is 11.8 Å². The molecule has 5 rings (SSSR count).